The molecule has 1 heterocycles. The van der Waals surface area contributed by atoms with Crippen LogP contribution in [0.4, 0.5) is 0 Å². The van der Waals surface area contributed by atoms with Crippen molar-refractivity contribution in [3.05, 3.63) is 179 Å². The van der Waals surface area contributed by atoms with Crippen LogP contribution in [0.5, 0.6) is 0 Å². The first-order chi connectivity index (χ1) is 19.7. The molecule has 1 unspecified atom stereocenters. The Hall–Kier alpha value is -3.79. The van der Waals surface area contributed by atoms with Crippen LogP contribution in [0.25, 0.3) is 0 Å². The first-order valence-electron chi connectivity index (χ1n) is 13.7. The van der Waals surface area contributed by atoms with Gasteiger partial charge < -0.3 is 4.52 Å². The van der Waals surface area contributed by atoms with Crippen molar-refractivity contribution in [2.24, 2.45) is 0 Å². The average Bonchev–Trinajstić information content (AvgIpc) is 3.03. The van der Waals surface area contributed by atoms with Gasteiger partial charge in [0.1, 0.15) is 17.7 Å². The van der Waals surface area contributed by atoms with Gasteiger partial charge in [-0.1, -0.05) is 152 Å². The fourth-order valence-corrected chi connectivity index (χ4v) is 8.57. The summed E-state index contributed by atoms with van der Waals surface area (Å²) < 4.78 is 22.7. The van der Waals surface area contributed by atoms with E-state index in [1.54, 1.807) is 0 Å². The minimum Gasteiger partial charge on any atom is -0.316 e. The summed E-state index contributed by atoms with van der Waals surface area (Å²) in [7, 11) is -3.52. The molecule has 0 aliphatic carbocycles. The van der Waals surface area contributed by atoms with Gasteiger partial charge in [-0.15, -0.1) is 0 Å². The predicted octanol–water partition coefficient (Wildman–Crippen LogP) is 8.55. The topological polar surface area (TPSA) is 50.4 Å². The second kappa shape index (κ2) is 12.2. The minimum absolute atomic E-state index is 0.193. The zero-order valence-electron chi connectivity index (χ0n) is 22.2. The van der Waals surface area contributed by atoms with Crippen LogP contribution >= 0.6 is 7.37 Å². The standard InChI is InChI=1S/C35H33N2O2P/c38-40(34(30-22-12-4-13-23-30)36-26-27-16-6-1-7-17-27)35(31-24-14-5-15-25-31)37-32(28-18-8-2-9-19-28)33(39-40)29-20-10-3-11-21-29/h1-25,32-37H,26H2/t32-,33+,34+,35-,40?/m0/s1. The lowest BCUT2D eigenvalue weighted by Crippen LogP contribution is -2.40. The highest BCUT2D eigenvalue weighted by atomic mass is 31.2. The summed E-state index contributed by atoms with van der Waals surface area (Å²) in [4.78, 5) is 0. The Bertz CT molecular complexity index is 1490. The predicted molar refractivity (Wildman–Crippen MR) is 162 cm³/mol. The zero-order valence-corrected chi connectivity index (χ0v) is 23.1. The van der Waals surface area contributed by atoms with Gasteiger partial charge in [0.25, 0.3) is 0 Å². The third-order valence-corrected chi connectivity index (χ3v) is 10.4. The maximum Gasteiger partial charge on any atom is 0.245 e. The first kappa shape index (κ1) is 26.4. The molecule has 1 saturated heterocycles. The Morgan fingerprint density at radius 3 is 1.68 bits per heavy atom. The number of rotatable bonds is 8. The third kappa shape index (κ3) is 5.58. The van der Waals surface area contributed by atoms with Crippen molar-refractivity contribution in [2.75, 3.05) is 0 Å². The van der Waals surface area contributed by atoms with E-state index in [0.29, 0.717) is 6.54 Å². The van der Waals surface area contributed by atoms with Gasteiger partial charge in [0.05, 0.1) is 6.04 Å². The Kier molecular flexibility index (Phi) is 8.04. The van der Waals surface area contributed by atoms with Crippen molar-refractivity contribution in [3.8, 4) is 0 Å². The van der Waals surface area contributed by atoms with Gasteiger partial charge in [0.15, 0.2) is 0 Å². The van der Waals surface area contributed by atoms with E-state index in [1.807, 2.05) is 115 Å². The van der Waals surface area contributed by atoms with Crippen LogP contribution in [0.1, 0.15) is 51.5 Å². The van der Waals surface area contributed by atoms with Gasteiger partial charge in [-0.25, -0.2) is 0 Å². The van der Waals surface area contributed by atoms with E-state index in [0.717, 1.165) is 27.8 Å². The third-order valence-electron chi connectivity index (χ3n) is 7.50. The molecule has 40 heavy (non-hydrogen) atoms. The molecule has 5 heteroatoms. The lowest BCUT2D eigenvalue weighted by molar-refractivity contribution is 0.117. The molecule has 0 spiro atoms. The molecule has 2 N–H and O–H groups in total. The first-order valence-corrected chi connectivity index (χ1v) is 15.5. The molecule has 0 radical (unpaired) electrons. The molecule has 0 saturated carbocycles. The molecular weight excluding hydrogens is 511 g/mol. The molecule has 1 aliphatic rings. The van der Waals surface area contributed by atoms with Crippen molar-refractivity contribution in [2.45, 2.75) is 30.3 Å². The fraction of sp³-hybridized carbons (Fsp3) is 0.143. The van der Waals surface area contributed by atoms with Gasteiger partial charge in [-0.3, -0.25) is 15.2 Å². The molecule has 200 valence electrons. The van der Waals surface area contributed by atoms with E-state index in [2.05, 4.69) is 47.0 Å². The maximum atomic E-state index is 15.7. The summed E-state index contributed by atoms with van der Waals surface area (Å²) in [6, 6.07) is 50.6. The number of hydrogen-bond acceptors (Lipinski definition) is 4. The lowest BCUT2D eigenvalue weighted by atomic mass is 9.95. The van der Waals surface area contributed by atoms with E-state index in [9.17, 15) is 0 Å². The van der Waals surface area contributed by atoms with Gasteiger partial charge in [0.2, 0.25) is 7.37 Å². The van der Waals surface area contributed by atoms with E-state index in [1.165, 1.54) is 0 Å². The van der Waals surface area contributed by atoms with E-state index >= 15 is 4.57 Å². The summed E-state index contributed by atoms with van der Waals surface area (Å²) >= 11 is 0. The van der Waals surface area contributed by atoms with Crippen molar-refractivity contribution in [1.82, 2.24) is 10.6 Å². The van der Waals surface area contributed by atoms with Gasteiger partial charge in [-0.2, -0.15) is 0 Å². The smallest absolute Gasteiger partial charge is 0.245 e. The van der Waals surface area contributed by atoms with Crippen LogP contribution in [0.2, 0.25) is 0 Å². The average molecular weight is 545 g/mol. The summed E-state index contributed by atoms with van der Waals surface area (Å²) in [5.74, 6) is -1.05. The molecule has 0 bridgehead atoms. The summed E-state index contributed by atoms with van der Waals surface area (Å²) in [5, 5.41) is 7.51. The van der Waals surface area contributed by atoms with Crippen LogP contribution in [0.3, 0.4) is 0 Å². The minimum atomic E-state index is -3.52. The number of nitrogens with one attached hydrogen (secondary N) is 2. The van der Waals surface area contributed by atoms with Crippen molar-refractivity contribution >= 4 is 7.37 Å². The molecule has 5 aromatic carbocycles. The van der Waals surface area contributed by atoms with Crippen LogP contribution in [0.15, 0.2) is 152 Å². The molecule has 5 atom stereocenters. The normalized spacial score (nSPS) is 23.4. The van der Waals surface area contributed by atoms with Crippen molar-refractivity contribution < 1.29 is 9.09 Å². The van der Waals surface area contributed by atoms with E-state index in [-0.39, 0.29) is 6.04 Å². The summed E-state index contributed by atoms with van der Waals surface area (Å²) in [6.07, 6.45) is -0.445. The second-order valence-electron chi connectivity index (χ2n) is 10.1. The molecule has 0 aromatic heterocycles. The molecule has 0 amide bonds. The van der Waals surface area contributed by atoms with Crippen molar-refractivity contribution in [1.29, 1.82) is 0 Å². The quantitative estimate of drug-likeness (QED) is 0.192. The van der Waals surface area contributed by atoms with Crippen LogP contribution < -0.4 is 10.6 Å². The van der Waals surface area contributed by atoms with Gasteiger partial charge in [0, 0.05) is 6.54 Å². The van der Waals surface area contributed by atoms with E-state index in [4.69, 9.17) is 4.52 Å². The molecule has 1 aliphatic heterocycles. The molecule has 5 aromatic rings. The summed E-state index contributed by atoms with van der Waals surface area (Å²) in [5.41, 5.74) is 5.09. The molecular formula is C35H33N2O2P. The van der Waals surface area contributed by atoms with Crippen molar-refractivity contribution in [3.63, 3.8) is 0 Å². The molecule has 6 rings (SSSR count). The van der Waals surface area contributed by atoms with E-state index < -0.39 is 25.0 Å². The Morgan fingerprint density at radius 1 is 0.625 bits per heavy atom. The number of benzene rings is 5. The van der Waals surface area contributed by atoms with Gasteiger partial charge >= 0.3 is 0 Å². The van der Waals surface area contributed by atoms with Gasteiger partial charge in [-0.05, 0) is 27.8 Å². The molecule has 1 fully saturated rings. The summed E-state index contributed by atoms with van der Waals surface area (Å²) in [6.45, 7) is 0.563. The highest BCUT2D eigenvalue weighted by Crippen LogP contribution is 2.73. The lowest BCUT2D eigenvalue weighted by Gasteiger charge is -2.46. The number of hydrogen-bond donors (Lipinski definition) is 2. The highest BCUT2D eigenvalue weighted by molar-refractivity contribution is 7.59. The highest BCUT2D eigenvalue weighted by Gasteiger charge is 2.51. The van der Waals surface area contributed by atoms with Crippen LogP contribution in [0, 0.1) is 0 Å². The molecule has 4 nitrogen and oxygen atoms in total. The monoisotopic (exact) mass is 544 g/mol. The second-order valence-corrected chi connectivity index (χ2v) is 12.7. The Balaban J connectivity index is 1.49. The largest absolute Gasteiger partial charge is 0.316 e. The Labute approximate surface area is 236 Å². The SMILES string of the molecule is O=P1([C@@H](NCc2ccccc2)c2ccccc2)O[C@H](c2ccccc2)[C@H](c2ccccc2)N[C@@H]1c1ccccc1. The fourth-order valence-electron chi connectivity index (χ4n) is 5.54. The zero-order chi connectivity index (χ0) is 27.2. The van der Waals surface area contributed by atoms with Crippen LogP contribution in [-0.2, 0) is 15.6 Å². The Morgan fingerprint density at radius 2 is 1.10 bits per heavy atom. The van der Waals surface area contributed by atoms with Crippen LogP contribution in [-0.4, -0.2) is 0 Å². The maximum absolute atomic E-state index is 15.7.